The molecule has 2 heteroatoms. The molecule has 0 aromatic heterocycles. The quantitative estimate of drug-likeness (QED) is 0.793. The molecule has 1 aromatic rings. The first-order valence-electron chi connectivity index (χ1n) is 8.13. The van der Waals surface area contributed by atoms with E-state index in [0.717, 1.165) is 18.6 Å². The number of aryl methyl sites for hydroxylation is 1. The van der Waals surface area contributed by atoms with Crippen molar-refractivity contribution in [2.45, 2.75) is 57.5 Å². The van der Waals surface area contributed by atoms with Crippen molar-refractivity contribution in [3.63, 3.8) is 0 Å². The third-order valence-corrected chi connectivity index (χ3v) is 5.56. The molecule has 1 spiro atoms. The molecule has 114 valence electrons. The number of aliphatic hydroxyl groups excluding tert-OH is 1. The molecule has 2 aliphatic rings. The molecule has 1 aromatic carbocycles. The van der Waals surface area contributed by atoms with Crippen LogP contribution in [0.25, 0.3) is 0 Å². The smallest absolute Gasteiger partial charge is 0.122 e. The molecule has 0 bridgehead atoms. The van der Waals surface area contributed by atoms with Crippen molar-refractivity contribution in [3.8, 4) is 5.75 Å². The van der Waals surface area contributed by atoms with E-state index in [0.29, 0.717) is 5.92 Å². The molecule has 0 saturated heterocycles. The normalized spacial score (nSPS) is 31.8. The zero-order chi connectivity index (χ0) is 15.0. The van der Waals surface area contributed by atoms with Gasteiger partial charge < -0.3 is 9.84 Å². The van der Waals surface area contributed by atoms with E-state index in [1.807, 2.05) is 6.08 Å². The van der Waals surface area contributed by atoms with Gasteiger partial charge in [0.15, 0.2) is 0 Å². The third-order valence-electron chi connectivity index (χ3n) is 5.56. The van der Waals surface area contributed by atoms with Gasteiger partial charge >= 0.3 is 0 Å². The molecular formula is C19H26O2. The second kappa shape index (κ2) is 5.49. The monoisotopic (exact) mass is 286 g/mol. The van der Waals surface area contributed by atoms with Gasteiger partial charge in [0.1, 0.15) is 5.75 Å². The molecule has 3 rings (SSSR count). The highest BCUT2D eigenvalue weighted by Gasteiger charge is 2.42. The highest BCUT2D eigenvalue weighted by Crippen LogP contribution is 2.49. The van der Waals surface area contributed by atoms with Crippen LogP contribution in [0.4, 0.5) is 0 Å². The third kappa shape index (κ3) is 2.30. The lowest BCUT2D eigenvalue weighted by molar-refractivity contribution is 0.148. The minimum atomic E-state index is -0.289. The van der Waals surface area contributed by atoms with Crippen molar-refractivity contribution in [3.05, 3.63) is 41.0 Å². The van der Waals surface area contributed by atoms with Crippen LogP contribution < -0.4 is 4.74 Å². The summed E-state index contributed by atoms with van der Waals surface area (Å²) in [5, 5.41) is 9.97. The minimum absolute atomic E-state index is 0.0731. The van der Waals surface area contributed by atoms with Gasteiger partial charge in [0.2, 0.25) is 0 Å². The van der Waals surface area contributed by atoms with Crippen LogP contribution in [0.1, 0.15) is 49.3 Å². The number of fused-ring (bicyclic) bond motifs is 2. The zero-order valence-electron chi connectivity index (χ0n) is 13.4. The summed E-state index contributed by atoms with van der Waals surface area (Å²) < 4.78 is 5.57. The van der Waals surface area contributed by atoms with Gasteiger partial charge in [-0.2, -0.15) is 0 Å². The Hall–Kier alpha value is -1.28. The molecule has 0 radical (unpaired) electrons. The molecule has 0 fully saturated rings. The molecule has 2 nitrogen and oxygen atoms in total. The predicted octanol–water partition coefficient (Wildman–Crippen LogP) is 3.92. The number of methoxy groups -OCH3 is 1. The van der Waals surface area contributed by atoms with Crippen LogP contribution in [0.3, 0.4) is 0 Å². The lowest BCUT2D eigenvalue weighted by atomic mass is 9.62. The van der Waals surface area contributed by atoms with E-state index in [9.17, 15) is 5.11 Å². The van der Waals surface area contributed by atoms with Crippen LogP contribution >= 0.6 is 0 Å². The summed E-state index contributed by atoms with van der Waals surface area (Å²) in [6.45, 7) is 4.48. The van der Waals surface area contributed by atoms with E-state index in [4.69, 9.17) is 4.74 Å². The highest BCUT2D eigenvalue weighted by atomic mass is 16.5. The van der Waals surface area contributed by atoms with Gasteiger partial charge in [0.05, 0.1) is 13.2 Å². The van der Waals surface area contributed by atoms with Gasteiger partial charge in [0.25, 0.3) is 0 Å². The summed E-state index contributed by atoms with van der Waals surface area (Å²) in [5.74, 6) is 1.45. The number of aliphatic hydroxyl groups is 1. The summed E-state index contributed by atoms with van der Waals surface area (Å²) in [6.07, 6.45) is 9.71. The van der Waals surface area contributed by atoms with Gasteiger partial charge in [0, 0.05) is 5.41 Å². The van der Waals surface area contributed by atoms with Crippen LogP contribution in [0.2, 0.25) is 0 Å². The van der Waals surface area contributed by atoms with Gasteiger partial charge in [-0.05, 0) is 61.3 Å². The fraction of sp³-hybridized carbons (Fsp3) is 0.579. The summed E-state index contributed by atoms with van der Waals surface area (Å²) >= 11 is 0. The van der Waals surface area contributed by atoms with Crippen molar-refractivity contribution in [2.24, 2.45) is 5.92 Å². The van der Waals surface area contributed by atoms with Crippen molar-refractivity contribution >= 4 is 0 Å². The molecule has 3 atom stereocenters. The van der Waals surface area contributed by atoms with Crippen molar-refractivity contribution in [1.82, 2.24) is 0 Å². The molecule has 0 aliphatic heterocycles. The molecule has 21 heavy (non-hydrogen) atoms. The van der Waals surface area contributed by atoms with Crippen molar-refractivity contribution in [2.75, 3.05) is 7.11 Å². The van der Waals surface area contributed by atoms with Crippen LogP contribution in [0.5, 0.6) is 5.75 Å². The van der Waals surface area contributed by atoms with Crippen molar-refractivity contribution in [1.29, 1.82) is 0 Å². The van der Waals surface area contributed by atoms with Crippen LogP contribution in [-0.2, 0) is 11.8 Å². The number of ether oxygens (including phenoxy) is 1. The second-order valence-electron chi connectivity index (χ2n) is 6.74. The van der Waals surface area contributed by atoms with E-state index < -0.39 is 0 Å². The molecule has 0 saturated carbocycles. The maximum atomic E-state index is 9.97. The molecule has 0 heterocycles. The number of rotatable bonds is 1. The Balaban J connectivity index is 2.23. The SMILES string of the molecule is COc1ccc2c(c1C)[C@]1(C=C[C@H](O)C[C@H]1C)CCCC2. The second-order valence-corrected chi connectivity index (χ2v) is 6.74. The summed E-state index contributed by atoms with van der Waals surface area (Å²) in [5.41, 5.74) is 4.29. The number of benzene rings is 1. The maximum absolute atomic E-state index is 9.97. The number of hydrogen-bond donors (Lipinski definition) is 1. The Kier molecular flexibility index (Phi) is 3.83. The first-order valence-corrected chi connectivity index (χ1v) is 8.13. The average Bonchev–Trinajstić information content (AvgIpc) is 2.65. The number of allylic oxidation sites excluding steroid dienone is 1. The number of hydrogen-bond acceptors (Lipinski definition) is 2. The van der Waals surface area contributed by atoms with E-state index in [1.54, 1.807) is 7.11 Å². The summed E-state index contributed by atoms with van der Waals surface area (Å²) in [4.78, 5) is 0. The largest absolute Gasteiger partial charge is 0.496 e. The van der Waals surface area contributed by atoms with Gasteiger partial charge in [-0.15, -0.1) is 0 Å². The Morgan fingerprint density at radius 2 is 2.10 bits per heavy atom. The van der Waals surface area contributed by atoms with E-state index >= 15 is 0 Å². The predicted molar refractivity (Wildman–Crippen MR) is 85.9 cm³/mol. The Bertz CT molecular complexity index is 561. The lowest BCUT2D eigenvalue weighted by Crippen LogP contribution is -2.38. The molecule has 1 N–H and O–H groups in total. The van der Waals surface area contributed by atoms with E-state index in [2.05, 4.69) is 32.1 Å². The summed E-state index contributed by atoms with van der Waals surface area (Å²) in [6, 6.07) is 4.36. The van der Waals surface area contributed by atoms with Gasteiger partial charge in [-0.3, -0.25) is 0 Å². The lowest BCUT2D eigenvalue weighted by Gasteiger charge is -2.42. The van der Waals surface area contributed by atoms with E-state index in [-0.39, 0.29) is 11.5 Å². The molecule has 0 amide bonds. The van der Waals surface area contributed by atoms with Crippen LogP contribution in [0, 0.1) is 12.8 Å². The first-order chi connectivity index (χ1) is 10.1. The molecular weight excluding hydrogens is 260 g/mol. The van der Waals surface area contributed by atoms with Crippen LogP contribution in [0.15, 0.2) is 24.3 Å². The minimum Gasteiger partial charge on any atom is -0.496 e. The maximum Gasteiger partial charge on any atom is 0.122 e. The standard InChI is InChI=1S/C19H26O2/c1-13-12-16(20)9-11-19(13)10-5-4-6-15-7-8-17(21-3)14(2)18(15)19/h7-9,11,13,16,20H,4-6,10,12H2,1-3H3/t13-,16+,19+/m1/s1. The summed E-state index contributed by atoms with van der Waals surface area (Å²) in [7, 11) is 1.75. The van der Waals surface area contributed by atoms with E-state index in [1.165, 1.54) is 36.0 Å². The highest BCUT2D eigenvalue weighted by molar-refractivity contribution is 5.52. The fourth-order valence-corrected chi connectivity index (χ4v) is 4.44. The first kappa shape index (κ1) is 14.6. The molecule has 0 unspecified atom stereocenters. The fourth-order valence-electron chi connectivity index (χ4n) is 4.44. The van der Waals surface area contributed by atoms with Gasteiger partial charge in [-0.25, -0.2) is 0 Å². The van der Waals surface area contributed by atoms with Gasteiger partial charge in [-0.1, -0.05) is 31.6 Å². The van der Waals surface area contributed by atoms with Crippen LogP contribution in [-0.4, -0.2) is 18.3 Å². The molecule has 2 aliphatic carbocycles. The Morgan fingerprint density at radius 1 is 1.29 bits per heavy atom. The Morgan fingerprint density at radius 3 is 2.81 bits per heavy atom. The topological polar surface area (TPSA) is 29.5 Å². The average molecular weight is 286 g/mol. The zero-order valence-corrected chi connectivity index (χ0v) is 13.4. The Labute approximate surface area is 127 Å². The van der Waals surface area contributed by atoms with Crippen molar-refractivity contribution < 1.29 is 9.84 Å².